The number of hydrogen-bond acceptors (Lipinski definition) is 3. The van der Waals surface area contributed by atoms with E-state index in [4.69, 9.17) is 27.9 Å². The van der Waals surface area contributed by atoms with E-state index in [1.807, 2.05) is 30.0 Å². The van der Waals surface area contributed by atoms with Gasteiger partial charge in [0.2, 0.25) is 0 Å². The van der Waals surface area contributed by atoms with Crippen LogP contribution in [0.3, 0.4) is 0 Å². The second-order valence-electron chi connectivity index (χ2n) is 6.19. The summed E-state index contributed by atoms with van der Waals surface area (Å²) >= 11 is 14.1. The van der Waals surface area contributed by atoms with E-state index in [0.717, 1.165) is 49.9 Å². The standard InChI is InChI=1S/C18H27Cl2N3OS/c1-4-25-18(7-9-24-10-8-18)12-22-17(21-3)23-13(2)14-5-6-15(19)16(20)11-14/h5-6,11,13H,4,7-10,12H2,1-3H3,(H2,21,22,23). The molecule has 1 aromatic carbocycles. The number of halogens is 2. The van der Waals surface area contributed by atoms with Gasteiger partial charge in [-0.2, -0.15) is 11.8 Å². The first-order valence-corrected chi connectivity index (χ1v) is 10.4. The van der Waals surface area contributed by atoms with E-state index >= 15 is 0 Å². The number of guanidine groups is 1. The molecule has 140 valence electrons. The minimum Gasteiger partial charge on any atom is -0.381 e. The van der Waals surface area contributed by atoms with Gasteiger partial charge < -0.3 is 15.4 Å². The van der Waals surface area contributed by atoms with Crippen molar-refractivity contribution in [3.63, 3.8) is 0 Å². The van der Waals surface area contributed by atoms with Crippen molar-refractivity contribution in [2.45, 2.75) is 37.5 Å². The maximum Gasteiger partial charge on any atom is 0.191 e. The largest absolute Gasteiger partial charge is 0.381 e. The van der Waals surface area contributed by atoms with Gasteiger partial charge >= 0.3 is 0 Å². The van der Waals surface area contributed by atoms with Crippen LogP contribution in [0.15, 0.2) is 23.2 Å². The molecule has 1 fully saturated rings. The fraction of sp³-hybridized carbons (Fsp3) is 0.611. The van der Waals surface area contributed by atoms with Gasteiger partial charge in [0.1, 0.15) is 0 Å². The van der Waals surface area contributed by atoms with Crippen LogP contribution in [0.25, 0.3) is 0 Å². The molecule has 2 rings (SSSR count). The van der Waals surface area contributed by atoms with Crippen LogP contribution in [-0.4, -0.2) is 43.3 Å². The molecule has 0 saturated carbocycles. The minimum atomic E-state index is 0.0745. The summed E-state index contributed by atoms with van der Waals surface area (Å²) in [7, 11) is 1.79. The molecular formula is C18H27Cl2N3OS. The summed E-state index contributed by atoms with van der Waals surface area (Å²) in [6.07, 6.45) is 2.13. The highest BCUT2D eigenvalue weighted by atomic mass is 35.5. The predicted octanol–water partition coefficient (Wildman–Crippen LogP) is 4.52. The lowest BCUT2D eigenvalue weighted by Gasteiger charge is -2.37. The summed E-state index contributed by atoms with van der Waals surface area (Å²) in [5, 5.41) is 8.05. The molecule has 1 heterocycles. The first-order chi connectivity index (χ1) is 12.0. The number of aliphatic imine (C=N–C) groups is 1. The molecule has 4 nitrogen and oxygen atoms in total. The number of nitrogens with one attached hydrogen (secondary N) is 2. The molecule has 1 aliphatic heterocycles. The molecule has 1 atom stereocenters. The smallest absolute Gasteiger partial charge is 0.191 e. The second-order valence-corrected chi connectivity index (χ2v) is 8.74. The van der Waals surface area contributed by atoms with Gasteiger partial charge in [-0.25, -0.2) is 0 Å². The lowest BCUT2D eigenvalue weighted by molar-refractivity contribution is 0.0782. The van der Waals surface area contributed by atoms with Crippen LogP contribution in [0, 0.1) is 0 Å². The highest BCUT2D eigenvalue weighted by Gasteiger charge is 2.32. The number of nitrogens with zero attached hydrogens (tertiary/aromatic N) is 1. The molecule has 1 saturated heterocycles. The Labute approximate surface area is 165 Å². The van der Waals surface area contributed by atoms with Crippen LogP contribution in [0.4, 0.5) is 0 Å². The third-order valence-electron chi connectivity index (χ3n) is 4.45. The van der Waals surface area contributed by atoms with E-state index in [0.29, 0.717) is 10.0 Å². The second kappa shape index (κ2) is 9.91. The van der Waals surface area contributed by atoms with Crippen LogP contribution in [0.1, 0.15) is 38.3 Å². The molecule has 0 aromatic heterocycles. The summed E-state index contributed by atoms with van der Waals surface area (Å²) < 4.78 is 5.76. The van der Waals surface area contributed by atoms with Crippen molar-refractivity contribution < 1.29 is 4.74 Å². The van der Waals surface area contributed by atoms with E-state index in [9.17, 15) is 0 Å². The third-order valence-corrected chi connectivity index (χ3v) is 6.65. The first-order valence-electron chi connectivity index (χ1n) is 8.63. The Morgan fingerprint density at radius 2 is 2.04 bits per heavy atom. The lowest BCUT2D eigenvalue weighted by atomic mass is 9.99. The van der Waals surface area contributed by atoms with Gasteiger partial charge in [0.05, 0.1) is 16.1 Å². The maximum atomic E-state index is 6.12. The van der Waals surface area contributed by atoms with Crippen molar-refractivity contribution in [1.82, 2.24) is 10.6 Å². The zero-order valence-electron chi connectivity index (χ0n) is 15.1. The van der Waals surface area contributed by atoms with Gasteiger partial charge in [0, 0.05) is 31.6 Å². The zero-order valence-corrected chi connectivity index (χ0v) is 17.4. The third kappa shape index (κ3) is 5.95. The first kappa shape index (κ1) is 20.7. The SMILES string of the molecule is CCSC1(CNC(=NC)NC(C)c2ccc(Cl)c(Cl)c2)CCOCC1. The Hall–Kier alpha value is -0.620. The van der Waals surface area contributed by atoms with Gasteiger partial charge in [-0.3, -0.25) is 4.99 Å². The molecule has 1 aromatic rings. The highest BCUT2D eigenvalue weighted by Crippen LogP contribution is 2.34. The lowest BCUT2D eigenvalue weighted by Crippen LogP contribution is -2.48. The number of ether oxygens (including phenoxy) is 1. The number of thioether (sulfide) groups is 1. The Bertz CT molecular complexity index is 586. The van der Waals surface area contributed by atoms with Gasteiger partial charge in [-0.1, -0.05) is 36.2 Å². The molecule has 0 radical (unpaired) electrons. The number of benzene rings is 1. The van der Waals surface area contributed by atoms with Crippen LogP contribution in [-0.2, 0) is 4.74 Å². The van der Waals surface area contributed by atoms with E-state index in [1.54, 1.807) is 7.05 Å². The van der Waals surface area contributed by atoms with Gasteiger partial charge in [-0.15, -0.1) is 0 Å². The summed E-state index contributed by atoms with van der Waals surface area (Å²) in [6, 6.07) is 5.77. The quantitative estimate of drug-likeness (QED) is 0.541. The molecule has 0 amide bonds. The normalized spacial score (nSPS) is 18.7. The Morgan fingerprint density at radius 1 is 1.32 bits per heavy atom. The summed E-state index contributed by atoms with van der Waals surface area (Å²) in [6.45, 7) is 6.84. The van der Waals surface area contributed by atoms with E-state index in [-0.39, 0.29) is 10.8 Å². The molecule has 2 N–H and O–H groups in total. The minimum absolute atomic E-state index is 0.0745. The van der Waals surface area contributed by atoms with Crippen molar-refractivity contribution in [2.75, 3.05) is 32.6 Å². The maximum absolute atomic E-state index is 6.12. The Kier molecular flexibility index (Phi) is 8.20. The van der Waals surface area contributed by atoms with Crippen LogP contribution < -0.4 is 10.6 Å². The molecule has 0 spiro atoms. The molecule has 1 unspecified atom stereocenters. The van der Waals surface area contributed by atoms with E-state index < -0.39 is 0 Å². The van der Waals surface area contributed by atoms with Gasteiger partial charge in [0.25, 0.3) is 0 Å². The van der Waals surface area contributed by atoms with E-state index in [1.165, 1.54) is 0 Å². The average Bonchev–Trinajstić information content (AvgIpc) is 2.62. The van der Waals surface area contributed by atoms with Crippen molar-refractivity contribution in [3.05, 3.63) is 33.8 Å². The fourth-order valence-electron chi connectivity index (χ4n) is 2.93. The number of rotatable bonds is 6. The molecule has 7 heteroatoms. The van der Waals surface area contributed by atoms with E-state index in [2.05, 4.69) is 29.5 Å². The zero-order chi connectivity index (χ0) is 18.3. The van der Waals surface area contributed by atoms with Crippen molar-refractivity contribution >= 4 is 40.9 Å². The summed E-state index contributed by atoms with van der Waals surface area (Å²) in [4.78, 5) is 4.36. The number of hydrogen-bond donors (Lipinski definition) is 2. The van der Waals surface area contributed by atoms with Gasteiger partial charge in [0.15, 0.2) is 5.96 Å². The topological polar surface area (TPSA) is 45.7 Å². The Balaban J connectivity index is 1.96. The van der Waals surface area contributed by atoms with Crippen molar-refractivity contribution in [3.8, 4) is 0 Å². The molecule has 0 bridgehead atoms. The Morgan fingerprint density at radius 3 is 2.64 bits per heavy atom. The molecule has 0 aliphatic carbocycles. The summed E-state index contributed by atoms with van der Waals surface area (Å²) in [5.41, 5.74) is 1.07. The molecule has 1 aliphatic rings. The highest BCUT2D eigenvalue weighted by molar-refractivity contribution is 8.00. The molecular weight excluding hydrogens is 377 g/mol. The fourth-order valence-corrected chi connectivity index (χ4v) is 4.48. The van der Waals surface area contributed by atoms with Crippen LogP contribution >= 0.6 is 35.0 Å². The average molecular weight is 404 g/mol. The predicted molar refractivity (Wildman–Crippen MR) is 110 cm³/mol. The summed E-state index contributed by atoms with van der Waals surface area (Å²) in [5.74, 6) is 1.90. The molecule has 25 heavy (non-hydrogen) atoms. The van der Waals surface area contributed by atoms with Crippen molar-refractivity contribution in [2.24, 2.45) is 4.99 Å². The van der Waals surface area contributed by atoms with Gasteiger partial charge in [-0.05, 0) is 43.2 Å². The van der Waals surface area contributed by atoms with Crippen molar-refractivity contribution in [1.29, 1.82) is 0 Å². The van der Waals surface area contributed by atoms with Crippen LogP contribution in [0.2, 0.25) is 10.0 Å². The monoisotopic (exact) mass is 403 g/mol. The van der Waals surface area contributed by atoms with Crippen LogP contribution in [0.5, 0.6) is 0 Å².